The maximum absolute atomic E-state index is 12.4. The summed E-state index contributed by atoms with van der Waals surface area (Å²) in [7, 11) is 0.0703. The first kappa shape index (κ1) is 19.0. The van der Waals surface area contributed by atoms with Gasteiger partial charge in [-0.3, -0.25) is 10.1 Å². The molecule has 0 spiro atoms. The van der Waals surface area contributed by atoms with Crippen LogP contribution in [0.15, 0.2) is 59.5 Å². The van der Waals surface area contributed by atoms with Gasteiger partial charge in [-0.05, 0) is 38.2 Å². The molecule has 2 rings (SSSR count). The largest absolute Gasteiger partial charge is 0.305 e. The predicted octanol–water partition coefficient (Wildman–Crippen LogP) is 2.05. The molecule has 0 aliphatic rings. The number of likely N-dealkylation sites (N-methyl/N-ethyl adjacent to an activating group) is 1. The first-order chi connectivity index (χ1) is 11.8. The minimum Gasteiger partial charge on any atom is -0.305 e. The molecule has 8 heteroatoms. The van der Waals surface area contributed by atoms with E-state index in [0.717, 1.165) is 5.56 Å². The molecule has 0 amide bonds. The van der Waals surface area contributed by atoms with Crippen LogP contribution < -0.4 is 4.72 Å². The van der Waals surface area contributed by atoms with Gasteiger partial charge in [0, 0.05) is 24.7 Å². The third-order valence-corrected chi connectivity index (χ3v) is 5.35. The number of nitro groups is 1. The van der Waals surface area contributed by atoms with E-state index in [-0.39, 0.29) is 23.2 Å². The van der Waals surface area contributed by atoms with Crippen molar-refractivity contribution in [1.82, 2.24) is 9.62 Å². The summed E-state index contributed by atoms with van der Waals surface area (Å²) in [6, 6.07) is 14.7. The Hall–Kier alpha value is -2.29. The average Bonchev–Trinajstić information content (AvgIpc) is 2.59. The lowest BCUT2D eigenvalue weighted by Gasteiger charge is -2.24. The van der Waals surface area contributed by atoms with Gasteiger partial charge in [0.05, 0.1) is 9.82 Å². The number of sulfonamides is 1. The van der Waals surface area contributed by atoms with Gasteiger partial charge in [0.15, 0.2) is 0 Å². The molecule has 0 aromatic heterocycles. The summed E-state index contributed by atoms with van der Waals surface area (Å²) >= 11 is 0. The summed E-state index contributed by atoms with van der Waals surface area (Å²) in [4.78, 5) is 12.1. The summed E-state index contributed by atoms with van der Waals surface area (Å²) in [5.74, 6) is 0. The summed E-state index contributed by atoms with van der Waals surface area (Å²) in [5, 5.41) is 10.7. The fourth-order valence-corrected chi connectivity index (χ4v) is 3.43. The lowest BCUT2D eigenvalue weighted by molar-refractivity contribution is -0.384. The van der Waals surface area contributed by atoms with E-state index in [4.69, 9.17) is 0 Å². The van der Waals surface area contributed by atoms with E-state index in [1.807, 2.05) is 49.3 Å². The molecular formula is C17H21N3O4S. The fourth-order valence-electron chi connectivity index (χ4n) is 2.36. The Bertz CT molecular complexity index is 806. The second-order valence-corrected chi connectivity index (χ2v) is 7.68. The number of nitrogens with zero attached hydrogens (tertiary/aromatic N) is 2. The minimum atomic E-state index is -3.72. The zero-order valence-electron chi connectivity index (χ0n) is 14.1. The number of benzene rings is 2. The van der Waals surface area contributed by atoms with Gasteiger partial charge in [-0.25, -0.2) is 13.1 Å². The zero-order chi connectivity index (χ0) is 18.4. The highest BCUT2D eigenvalue weighted by atomic mass is 32.2. The van der Waals surface area contributed by atoms with Crippen molar-refractivity contribution >= 4 is 15.7 Å². The monoisotopic (exact) mass is 363 g/mol. The van der Waals surface area contributed by atoms with Gasteiger partial charge in [0.25, 0.3) is 5.69 Å². The van der Waals surface area contributed by atoms with Gasteiger partial charge in [0.1, 0.15) is 0 Å². The molecule has 0 aliphatic carbocycles. The highest BCUT2D eigenvalue weighted by molar-refractivity contribution is 7.89. The molecule has 1 atom stereocenters. The van der Waals surface area contributed by atoms with E-state index >= 15 is 0 Å². The van der Waals surface area contributed by atoms with Crippen LogP contribution in [0.2, 0.25) is 0 Å². The molecule has 0 heterocycles. The van der Waals surface area contributed by atoms with Crippen molar-refractivity contribution in [2.24, 2.45) is 0 Å². The van der Waals surface area contributed by atoms with Crippen LogP contribution in [0.4, 0.5) is 5.69 Å². The van der Waals surface area contributed by atoms with E-state index < -0.39 is 14.9 Å². The maximum atomic E-state index is 12.4. The first-order valence-electron chi connectivity index (χ1n) is 7.74. The number of non-ortho nitro benzene ring substituents is 1. The van der Waals surface area contributed by atoms with Crippen LogP contribution in [0, 0.1) is 10.1 Å². The van der Waals surface area contributed by atoms with E-state index in [1.165, 1.54) is 24.3 Å². The van der Waals surface area contributed by atoms with Gasteiger partial charge in [-0.1, -0.05) is 30.3 Å². The van der Waals surface area contributed by atoms with Crippen molar-refractivity contribution < 1.29 is 13.3 Å². The van der Waals surface area contributed by atoms with Crippen LogP contribution >= 0.6 is 0 Å². The quantitative estimate of drug-likeness (QED) is 0.572. The highest BCUT2D eigenvalue weighted by Gasteiger charge is 2.19. The Morgan fingerprint density at radius 1 is 1.08 bits per heavy atom. The fraction of sp³-hybridized carbons (Fsp3) is 0.294. The molecule has 0 bridgehead atoms. The molecule has 0 fully saturated rings. The predicted molar refractivity (Wildman–Crippen MR) is 95.9 cm³/mol. The lowest BCUT2D eigenvalue weighted by atomic mass is 10.1. The topological polar surface area (TPSA) is 92.6 Å². The number of nitrogens with one attached hydrogen (secondary N) is 1. The van der Waals surface area contributed by atoms with Crippen molar-refractivity contribution in [3.63, 3.8) is 0 Å². The van der Waals surface area contributed by atoms with Crippen LogP contribution in [0.3, 0.4) is 0 Å². The molecular weight excluding hydrogens is 342 g/mol. The van der Waals surface area contributed by atoms with Crippen molar-refractivity contribution in [1.29, 1.82) is 0 Å². The van der Waals surface area contributed by atoms with Crippen molar-refractivity contribution in [3.05, 3.63) is 70.3 Å². The Labute approximate surface area is 147 Å². The zero-order valence-corrected chi connectivity index (χ0v) is 14.9. The van der Waals surface area contributed by atoms with Crippen molar-refractivity contribution in [2.45, 2.75) is 17.4 Å². The van der Waals surface area contributed by atoms with Gasteiger partial charge < -0.3 is 4.90 Å². The number of hydrogen-bond donors (Lipinski definition) is 1. The summed E-state index contributed by atoms with van der Waals surface area (Å²) < 4.78 is 27.4. The highest BCUT2D eigenvalue weighted by Crippen LogP contribution is 2.16. The van der Waals surface area contributed by atoms with Gasteiger partial charge >= 0.3 is 0 Å². The standard InChI is InChI=1S/C17H21N3O4S/c1-19(2)16(12-14-6-4-3-5-7-14)13-18-25(23,24)17-10-8-15(9-11-17)20(21)22/h3-11,16,18H,12-13H2,1-2H3. The minimum absolute atomic E-state index is 0.00955. The molecule has 1 unspecified atom stereocenters. The number of nitro benzene ring substituents is 1. The maximum Gasteiger partial charge on any atom is 0.269 e. The van der Waals surface area contributed by atoms with Crippen LogP contribution in [0.25, 0.3) is 0 Å². The molecule has 7 nitrogen and oxygen atoms in total. The molecule has 25 heavy (non-hydrogen) atoms. The average molecular weight is 363 g/mol. The first-order valence-corrected chi connectivity index (χ1v) is 9.22. The number of hydrogen-bond acceptors (Lipinski definition) is 5. The third-order valence-electron chi connectivity index (χ3n) is 3.91. The Kier molecular flexibility index (Phi) is 6.24. The van der Waals surface area contributed by atoms with E-state index in [2.05, 4.69) is 4.72 Å². The third kappa shape index (κ3) is 5.35. The lowest BCUT2D eigenvalue weighted by Crippen LogP contribution is -2.41. The molecule has 0 aliphatic heterocycles. The normalized spacial score (nSPS) is 12.9. The molecule has 2 aromatic rings. The summed E-state index contributed by atoms with van der Waals surface area (Å²) in [5.41, 5.74) is 0.977. The van der Waals surface area contributed by atoms with Gasteiger partial charge in [-0.15, -0.1) is 0 Å². The molecule has 0 saturated carbocycles. The molecule has 0 saturated heterocycles. The summed E-state index contributed by atoms with van der Waals surface area (Å²) in [6.07, 6.45) is 0.705. The van der Waals surface area contributed by atoms with Crippen molar-refractivity contribution in [2.75, 3.05) is 20.6 Å². The van der Waals surface area contributed by atoms with Crippen LogP contribution in [0.5, 0.6) is 0 Å². The van der Waals surface area contributed by atoms with Crippen LogP contribution in [-0.2, 0) is 16.4 Å². The smallest absolute Gasteiger partial charge is 0.269 e. The van der Waals surface area contributed by atoms with E-state index in [1.54, 1.807) is 0 Å². The number of rotatable bonds is 8. The van der Waals surface area contributed by atoms with Crippen molar-refractivity contribution in [3.8, 4) is 0 Å². The SMILES string of the molecule is CN(C)C(CNS(=O)(=O)c1ccc([N+](=O)[O-])cc1)Cc1ccccc1. The Morgan fingerprint density at radius 2 is 1.68 bits per heavy atom. The second kappa shape index (κ2) is 8.19. The Balaban J connectivity index is 2.06. The molecule has 134 valence electrons. The molecule has 1 N–H and O–H groups in total. The summed E-state index contributed by atoms with van der Waals surface area (Å²) in [6.45, 7) is 0.237. The van der Waals surface area contributed by atoms with E-state index in [9.17, 15) is 18.5 Å². The Morgan fingerprint density at radius 3 is 2.20 bits per heavy atom. The van der Waals surface area contributed by atoms with Gasteiger partial charge in [0.2, 0.25) is 10.0 Å². The van der Waals surface area contributed by atoms with Crippen LogP contribution in [-0.4, -0.2) is 44.9 Å². The second-order valence-electron chi connectivity index (χ2n) is 5.91. The van der Waals surface area contributed by atoms with Crippen LogP contribution in [0.1, 0.15) is 5.56 Å². The van der Waals surface area contributed by atoms with E-state index in [0.29, 0.717) is 6.42 Å². The molecule has 0 radical (unpaired) electrons. The molecule has 2 aromatic carbocycles. The van der Waals surface area contributed by atoms with Gasteiger partial charge in [-0.2, -0.15) is 0 Å².